The Morgan fingerprint density at radius 1 is 1.05 bits per heavy atom. The second kappa shape index (κ2) is 11.3. The minimum absolute atomic E-state index is 0.0629. The maximum atomic E-state index is 11.7. The topological polar surface area (TPSA) is 82.4 Å². The normalized spacial score (nSPS) is 16.8. The van der Waals surface area contributed by atoms with E-state index >= 15 is 0 Å². The lowest BCUT2D eigenvalue weighted by atomic mass is 9.96. The van der Waals surface area contributed by atoms with Crippen LogP contribution in [0.15, 0.2) is 79.0 Å². The van der Waals surface area contributed by atoms with Crippen LogP contribution in [0.5, 0.6) is 0 Å². The predicted molar refractivity (Wildman–Crippen MR) is 159 cm³/mol. The minimum Gasteiger partial charge on any atom is -0.478 e. The van der Waals surface area contributed by atoms with E-state index in [4.69, 9.17) is 12.2 Å². The average Bonchev–Trinajstić information content (AvgIpc) is 3.42. The van der Waals surface area contributed by atoms with Crippen molar-refractivity contribution >= 4 is 29.0 Å². The third-order valence-corrected chi connectivity index (χ3v) is 7.71. The molecule has 5 rings (SSSR count). The van der Waals surface area contributed by atoms with E-state index in [0.29, 0.717) is 5.11 Å². The predicted octanol–water partition coefficient (Wildman–Crippen LogP) is 5.97. The number of aryl methyl sites for hydroxylation is 2. The molecule has 0 unspecified atom stereocenters. The first-order chi connectivity index (χ1) is 18.8. The van der Waals surface area contributed by atoms with Crippen molar-refractivity contribution in [3.05, 3.63) is 113 Å². The molecule has 0 radical (unpaired) electrons. The molecule has 1 aliphatic rings. The number of aromatic nitrogens is 2. The van der Waals surface area contributed by atoms with Crippen LogP contribution < -0.4 is 10.6 Å². The van der Waals surface area contributed by atoms with Crippen LogP contribution in [-0.2, 0) is 0 Å². The van der Waals surface area contributed by atoms with Crippen molar-refractivity contribution in [2.75, 3.05) is 18.4 Å². The maximum Gasteiger partial charge on any atom is 0.335 e. The van der Waals surface area contributed by atoms with Crippen molar-refractivity contribution in [1.29, 1.82) is 0 Å². The van der Waals surface area contributed by atoms with Crippen LogP contribution in [0.4, 0.5) is 5.69 Å². The first kappa shape index (κ1) is 26.4. The van der Waals surface area contributed by atoms with Crippen molar-refractivity contribution in [2.24, 2.45) is 0 Å². The van der Waals surface area contributed by atoms with Gasteiger partial charge in [-0.05, 0) is 93.0 Å². The number of carbonyl (C=O) groups is 1. The lowest BCUT2D eigenvalue weighted by molar-refractivity contribution is 0.0697. The summed E-state index contributed by atoms with van der Waals surface area (Å²) in [5.74, 6) is -0.935. The van der Waals surface area contributed by atoms with Gasteiger partial charge in [0.25, 0.3) is 0 Å². The molecule has 1 saturated heterocycles. The van der Waals surface area contributed by atoms with Gasteiger partial charge in [-0.2, -0.15) is 0 Å². The molecule has 0 amide bonds. The number of para-hydroxylation sites is 1. The highest BCUT2D eigenvalue weighted by atomic mass is 32.1. The Morgan fingerprint density at radius 3 is 2.54 bits per heavy atom. The SMILES string of the molecule is Cc1ccc(C(=O)O)cc1-n1c(C)cc([C@H]2[C@H](c3ccccn3)NC(=S)N2CCCNc2ccccc2)c1C. The molecule has 0 spiro atoms. The summed E-state index contributed by atoms with van der Waals surface area (Å²) < 4.78 is 2.16. The molecule has 0 aliphatic carbocycles. The van der Waals surface area contributed by atoms with E-state index in [0.717, 1.165) is 59.1 Å². The summed E-state index contributed by atoms with van der Waals surface area (Å²) in [6.07, 6.45) is 2.72. The second-order valence-electron chi connectivity index (χ2n) is 9.93. The van der Waals surface area contributed by atoms with Gasteiger partial charge in [0, 0.05) is 42.0 Å². The number of hydrogen-bond acceptors (Lipinski definition) is 4. The van der Waals surface area contributed by atoms with Gasteiger partial charge >= 0.3 is 5.97 Å². The van der Waals surface area contributed by atoms with Crippen LogP contribution in [0.25, 0.3) is 5.69 Å². The number of benzene rings is 2. The van der Waals surface area contributed by atoms with Crippen molar-refractivity contribution < 1.29 is 9.90 Å². The third kappa shape index (κ3) is 5.38. The van der Waals surface area contributed by atoms with E-state index in [-0.39, 0.29) is 17.6 Å². The summed E-state index contributed by atoms with van der Waals surface area (Å²) in [7, 11) is 0. The van der Waals surface area contributed by atoms with Crippen LogP contribution in [0.1, 0.15) is 57.1 Å². The third-order valence-electron chi connectivity index (χ3n) is 7.36. The number of hydrogen-bond donors (Lipinski definition) is 3. The number of pyridine rings is 1. The van der Waals surface area contributed by atoms with Crippen LogP contribution in [0.2, 0.25) is 0 Å². The van der Waals surface area contributed by atoms with E-state index in [1.807, 2.05) is 55.6 Å². The molecule has 3 heterocycles. The molecule has 0 saturated carbocycles. The molecule has 1 aliphatic heterocycles. The van der Waals surface area contributed by atoms with Gasteiger partial charge in [0.2, 0.25) is 0 Å². The lowest BCUT2D eigenvalue weighted by Gasteiger charge is -2.28. The van der Waals surface area contributed by atoms with Crippen molar-refractivity contribution in [3.63, 3.8) is 0 Å². The van der Waals surface area contributed by atoms with Crippen LogP contribution in [0.3, 0.4) is 0 Å². The molecule has 2 aromatic heterocycles. The van der Waals surface area contributed by atoms with Gasteiger partial charge < -0.3 is 25.2 Å². The van der Waals surface area contributed by atoms with Crippen LogP contribution in [-0.4, -0.2) is 43.7 Å². The fourth-order valence-corrected chi connectivity index (χ4v) is 5.80. The Bertz CT molecular complexity index is 1490. The van der Waals surface area contributed by atoms with E-state index in [2.05, 4.69) is 57.1 Å². The van der Waals surface area contributed by atoms with Gasteiger partial charge in [0.05, 0.1) is 23.3 Å². The smallest absolute Gasteiger partial charge is 0.335 e. The molecule has 4 aromatic rings. The maximum absolute atomic E-state index is 11.7. The number of thiocarbonyl (C=S) groups is 1. The van der Waals surface area contributed by atoms with E-state index in [1.54, 1.807) is 12.1 Å². The number of anilines is 1. The van der Waals surface area contributed by atoms with Crippen molar-refractivity contribution in [3.8, 4) is 5.69 Å². The highest BCUT2D eigenvalue weighted by molar-refractivity contribution is 7.80. The largest absolute Gasteiger partial charge is 0.478 e. The van der Waals surface area contributed by atoms with Crippen molar-refractivity contribution in [1.82, 2.24) is 19.8 Å². The van der Waals surface area contributed by atoms with Gasteiger partial charge in [0.15, 0.2) is 5.11 Å². The van der Waals surface area contributed by atoms with E-state index in [1.165, 1.54) is 0 Å². The first-order valence-electron chi connectivity index (χ1n) is 13.2. The highest BCUT2D eigenvalue weighted by Gasteiger charge is 2.41. The standard InChI is InChI=1S/C31H33N5O2S/c1-20-13-14-23(30(37)38)19-27(20)36-21(2)18-25(22(36)3)29-28(26-12-7-8-15-33-26)34-31(39)35(29)17-9-16-32-24-10-5-4-6-11-24/h4-8,10-15,18-19,28-29,32H,9,16-17H2,1-3H3,(H,34,39)(H,37,38)/t28-,29-/m0/s1. The number of nitrogens with one attached hydrogen (secondary N) is 2. The summed E-state index contributed by atoms with van der Waals surface area (Å²) in [6.45, 7) is 7.77. The molecule has 1 fully saturated rings. The Hall–Kier alpha value is -4.17. The van der Waals surface area contributed by atoms with Gasteiger partial charge in [-0.15, -0.1) is 0 Å². The molecular weight excluding hydrogens is 506 g/mol. The zero-order valence-electron chi connectivity index (χ0n) is 22.4. The fraction of sp³-hybridized carbons (Fsp3) is 0.258. The molecule has 3 N–H and O–H groups in total. The number of aromatic carboxylic acids is 1. The van der Waals surface area contributed by atoms with E-state index < -0.39 is 5.97 Å². The Kier molecular flexibility index (Phi) is 7.65. The average molecular weight is 540 g/mol. The Balaban J connectivity index is 1.50. The van der Waals surface area contributed by atoms with E-state index in [9.17, 15) is 9.90 Å². The summed E-state index contributed by atoms with van der Waals surface area (Å²) in [6, 6.07) is 23.5. The summed E-state index contributed by atoms with van der Waals surface area (Å²) >= 11 is 5.88. The van der Waals surface area contributed by atoms with Crippen molar-refractivity contribution in [2.45, 2.75) is 39.3 Å². The molecule has 39 heavy (non-hydrogen) atoms. The minimum atomic E-state index is -0.935. The van der Waals surface area contributed by atoms with Crippen LogP contribution >= 0.6 is 12.2 Å². The Labute approximate surface area is 234 Å². The summed E-state index contributed by atoms with van der Waals surface area (Å²) in [5.41, 5.74) is 7.43. The molecule has 2 atom stereocenters. The van der Waals surface area contributed by atoms with Gasteiger partial charge in [0.1, 0.15) is 0 Å². The number of carboxylic acid groups (broad SMARTS) is 1. The van der Waals surface area contributed by atoms with Gasteiger partial charge in [-0.3, -0.25) is 4.98 Å². The molecule has 7 nitrogen and oxygen atoms in total. The lowest BCUT2D eigenvalue weighted by Crippen LogP contribution is -2.31. The van der Waals surface area contributed by atoms with Gasteiger partial charge in [-0.1, -0.05) is 30.3 Å². The summed E-state index contributed by atoms with van der Waals surface area (Å²) in [5, 5.41) is 17.4. The number of nitrogens with zero attached hydrogens (tertiary/aromatic N) is 3. The van der Waals surface area contributed by atoms with Crippen LogP contribution in [0, 0.1) is 20.8 Å². The molecular formula is C31H33N5O2S. The monoisotopic (exact) mass is 539 g/mol. The molecule has 2 aromatic carbocycles. The first-order valence-corrected chi connectivity index (χ1v) is 13.6. The highest BCUT2D eigenvalue weighted by Crippen LogP contribution is 2.41. The summed E-state index contributed by atoms with van der Waals surface area (Å²) in [4.78, 5) is 18.7. The quantitative estimate of drug-likeness (QED) is 0.179. The Morgan fingerprint density at radius 2 is 1.82 bits per heavy atom. The zero-order valence-corrected chi connectivity index (χ0v) is 23.2. The zero-order chi connectivity index (χ0) is 27.5. The number of carboxylic acids is 1. The molecule has 200 valence electrons. The second-order valence-corrected chi connectivity index (χ2v) is 10.3. The van der Waals surface area contributed by atoms with Gasteiger partial charge in [-0.25, -0.2) is 4.79 Å². The molecule has 0 bridgehead atoms. The number of rotatable bonds is 9. The fourth-order valence-electron chi connectivity index (χ4n) is 5.46. The molecule has 8 heteroatoms.